The van der Waals surface area contributed by atoms with Gasteiger partial charge in [0, 0.05) is 6.42 Å². The Kier molecular flexibility index (Phi) is 6.19. The largest absolute Gasteiger partial charge is 0.465 e. The second-order valence-electron chi connectivity index (χ2n) is 6.25. The van der Waals surface area contributed by atoms with E-state index < -0.39 is 11.9 Å². The van der Waals surface area contributed by atoms with Crippen molar-refractivity contribution in [3.05, 3.63) is 89.5 Å². The number of hydrogen-bond donors (Lipinski definition) is 0. The summed E-state index contributed by atoms with van der Waals surface area (Å²) in [7, 11) is 1.23. The fraction of sp³-hybridized carbons (Fsp3) is 0.125. The molecule has 3 aromatic rings. The van der Waals surface area contributed by atoms with Crippen LogP contribution in [0.4, 0.5) is 0 Å². The summed E-state index contributed by atoms with van der Waals surface area (Å²) in [5.74, 6) is -1.67. The molecule has 0 bridgehead atoms. The highest BCUT2D eigenvalue weighted by molar-refractivity contribution is 6.06. The molecule has 0 unspecified atom stereocenters. The van der Waals surface area contributed by atoms with E-state index in [9.17, 15) is 14.4 Å². The highest BCUT2D eigenvalue weighted by Gasteiger charge is 2.24. The Bertz CT molecular complexity index is 1020. The summed E-state index contributed by atoms with van der Waals surface area (Å²) in [6, 6.07) is 21.0. The Balaban J connectivity index is 2.07. The molecular formula is C24H20O5. The number of ether oxygens (including phenoxy) is 2. The normalized spacial score (nSPS) is 10.3. The van der Waals surface area contributed by atoms with Crippen molar-refractivity contribution in [2.75, 3.05) is 7.11 Å². The van der Waals surface area contributed by atoms with Crippen molar-refractivity contribution in [2.45, 2.75) is 13.3 Å². The molecule has 0 aliphatic rings. The van der Waals surface area contributed by atoms with E-state index in [1.807, 2.05) is 42.5 Å². The van der Waals surface area contributed by atoms with Gasteiger partial charge < -0.3 is 9.47 Å². The summed E-state index contributed by atoms with van der Waals surface area (Å²) >= 11 is 0. The Morgan fingerprint density at radius 3 is 2.03 bits per heavy atom. The van der Waals surface area contributed by atoms with Crippen LogP contribution in [0.5, 0.6) is 5.75 Å². The predicted molar refractivity (Wildman–Crippen MR) is 109 cm³/mol. The Morgan fingerprint density at radius 2 is 1.34 bits per heavy atom. The third-order valence-corrected chi connectivity index (χ3v) is 4.47. The van der Waals surface area contributed by atoms with Crippen LogP contribution in [0.1, 0.15) is 44.4 Å². The second-order valence-corrected chi connectivity index (χ2v) is 6.25. The van der Waals surface area contributed by atoms with Crippen LogP contribution in [0.2, 0.25) is 0 Å². The summed E-state index contributed by atoms with van der Waals surface area (Å²) in [5, 5.41) is 0. The van der Waals surface area contributed by atoms with Gasteiger partial charge in [-0.15, -0.1) is 0 Å². The van der Waals surface area contributed by atoms with Crippen molar-refractivity contribution in [3.63, 3.8) is 0 Å². The molecule has 0 heterocycles. The van der Waals surface area contributed by atoms with Gasteiger partial charge in [0.25, 0.3) is 0 Å². The molecule has 0 atom stereocenters. The van der Waals surface area contributed by atoms with Crippen LogP contribution in [0.3, 0.4) is 0 Å². The highest BCUT2D eigenvalue weighted by atomic mass is 16.5. The van der Waals surface area contributed by atoms with E-state index in [4.69, 9.17) is 9.47 Å². The summed E-state index contributed by atoms with van der Waals surface area (Å²) in [6.45, 7) is 1.70. The number of ketones is 1. The third-order valence-electron chi connectivity index (χ3n) is 4.47. The smallest absolute Gasteiger partial charge is 0.344 e. The molecule has 0 amide bonds. The van der Waals surface area contributed by atoms with Crippen molar-refractivity contribution in [1.82, 2.24) is 0 Å². The lowest BCUT2D eigenvalue weighted by atomic mass is 9.99. The molecule has 0 fully saturated rings. The molecule has 0 aliphatic carbocycles. The lowest BCUT2D eigenvalue weighted by Gasteiger charge is -2.14. The van der Waals surface area contributed by atoms with Gasteiger partial charge in [0.15, 0.2) is 11.5 Å². The number of Topliss-reactive ketones (excluding diaryl/α,β-unsaturated/α-hetero) is 1. The minimum Gasteiger partial charge on any atom is -0.465 e. The lowest BCUT2D eigenvalue weighted by molar-refractivity contribution is 0.0593. The van der Waals surface area contributed by atoms with Crippen LogP contribution in [0, 0.1) is 0 Å². The third kappa shape index (κ3) is 4.24. The summed E-state index contributed by atoms with van der Waals surface area (Å²) in [5.41, 5.74) is 2.06. The molecule has 0 saturated carbocycles. The van der Waals surface area contributed by atoms with E-state index in [1.54, 1.807) is 25.1 Å². The zero-order chi connectivity index (χ0) is 20.8. The molecule has 0 aliphatic heterocycles. The fourth-order valence-corrected chi connectivity index (χ4v) is 3.01. The second kappa shape index (κ2) is 8.97. The van der Waals surface area contributed by atoms with Crippen molar-refractivity contribution in [3.8, 4) is 16.9 Å². The van der Waals surface area contributed by atoms with Gasteiger partial charge in [-0.1, -0.05) is 61.5 Å². The molecule has 146 valence electrons. The average Bonchev–Trinajstić information content (AvgIpc) is 2.78. The molecule has 29 heavy (non-hydrogen) atoms. The summed E-state index contributed by atoms with van der Waals surface area (Å²) in [6.07, 6.45) is 0.204. The first-order valence-corrected chi connectivity index (χ1v) is 9.18. The topological polar surface area (TPSA) is 69.7 Å². The molecule has 0 aromatic heterocycles. The number of carbonyl (C=O) groups excluding carboxylic acids is 3. The molecule has 0 radical (unpaired) electrons. The molecule has 3 aromatic carbocycles. The number of hydrogen-bond acceptors (Lipinski definition) is 5. The van der Waals surface area contributed by atoms with Crippen molar-refractivity contribution in [1.29, 1.82) is 0 Å². The van der Waals surface area contributed by atoms with Gasteiger partial charge in [-0.25, -0.2) is 9.59 Å². The number of rotatable bonds is 6. The van der Waals surface area contributed by atoms with Gasteiger partial charge in [0.1, 0.15) is 5.56 Å². The maximum absolute atomic E-state index is 13.0. The minimum absolute atomic E-state index is 0.0253. The highest BCUT2D eigenvalue weighted by Crippen LogP contribution is 2.29. The Morgan fingerprint density at radius 1 is 0.724 bits per heavy atom. The molecular weight excluding hydrogens is 368 g/mol. The minimum atomic E-state index is -0.685. The number of methoxy groups -OCH3 is 1. The van der Waals surface area contributed by atoms with E-state index in [0.29, 0.717) is 11.1 Å². The Hall–Kier alpha value is -3.73. The summed E-state index contributed by atoms with van der Waals surface area (Å²) in [4.78, 5) is 37.6. The van der Waals surface area contributed by atoms with Gasteiger partial charge in [-0.05, 0) is 29.3 Å². The summed E-state index contributed by atoms with van der Waals surface area (Å²) < 4.78 is 10.4. The number of benzene rings is 3. The van der Waals surface area contributed by atoms with Crippen LogP contribution >= 0.6 is 0 Å². The quantitative estimate of drug-likeness (QED) is 0.339. The monoisotopic (exact) mass is 388 g/mol. The molecule has 5 nitrogen and oxygen atoms in total. The zero-order valence-electron chi connectivity index (χ0n) is 16.2. The van der Waals surface area contributed by atoms with Crippen molar-refractivity contribution < 1.29 is 23.9 Å². The molecule has 0 saturated heterocycles. The van der Waals surface area contributed by atoms with E-state index in [1.165, 1.54) is 19.2 Å². The molecule has 5 heteroatoms. The van der Waals surface area contributed by atoms with Gasteiger partial charge in [0.2, 0.25) is 0 Å². The van der Waals surface area contributed by atoms with E-state index in [-0.39, 0.29) is 29.1 Å². The van der Waals surface area contributed by atoms with Gasteiger partial charge in [-0.2, -0.15) is 0 Å². The van der Waals surface area contributed by atoms with Crippen molar-refractivity contribution in [2.24, 2.45) is 0 Å². The first-order chi connectivity index (χ1) is 14.1. The van der Waals surface area contributed by atoms with Crippen LogP contribution < -0.4 is 4.74 Å². The first-order valence-electron chi connectivity index (χ1n) is 9.18. The van der Waals surface area contributed by atoms with Crippen molar-refractivity contribution >= 4 is 17.7 Å². The average molecular weight is 388 g/mol. The number of esters is 2. The molecule has 0 spiro atoms. The maximum atomic E-state index is 13.0. The molecule has 3 rings (SSSR count). The van der Waals surface area contributed by atoms with Gasteiger partial charge >= 0.3 is 11.9 Å². The standard InChI is InChI=1S/C24H20O5/c1-3-21(25)19-14-9-15-20(23(26)28-2)22(19)29-24(27)18-13-8-7-12-17(18)16-10-5-4-6-11-16/h4-15H,3H2,1-2H3. The first kappa shape index (κ1) is 20.0. The fourth-order valence-electron chi connectivity index (χ4n) is 3.01. The van der Waals surface area contributed by atoms with Gasteiger partial charge in [0.05, 0.1) is 18.2 Å². The van der Waals surface area contributed by atoms with E-state index >= 15 is 0 Å². The van der Waals surface area contributed by atoms with E-state index in [0.717, 1.165) is 5.56 Å². The predicted octanol–water partition coefficient (Wildman–Crippen LogP) is 4.95. The van der Waals surface area contributed by atoms with E-state index in [2.05, 4.69) is 0 Å². The van der Waals surface area contributed by atoms with Gasteiger partial charge in [-0.3, -0.25) is 4.79 Å². The Labute approximate surface area is 168 Å². The van der Waals surface area contributed by atoms with Crippen LogP contribution in [0.15, 0.2) is 72.8 Å². The zero-order valence-corrected chi connectivity index (χ0v) is 16.2. The SMILES string of the molecule is CCC(=O)c1cccc(C(=O)OC)c1OC(=O)c1ccccc1-c1ccccc1. The van der Waals surface area contributed by atoms with Crippen LogP contribution in [-0.4, -0.2) is 24.8 Å². The molecule has 0 N–H and O–H groups in total. The lowest BCUT2D eigenvalue weighted by Crippen LogP contribution is -2.16. The van der Waals surface area contributed by atoms with Crippen LogP contribution in [0.25, 0.3) is 11.1 Å². The number of para-hydroxylation sites is 1. The van der Waals surface area contributed by atoms with Crippen LogP contribution in [-0.2, 0) is 4.74 Å². The maximum Gasteiger partial charge on any atom is 0.344 e. The number of carbonyl (C=O) groups is 3.